The van der Waals surface area contributed by atoms with E-state index in [1.807, 2.05) is 32.3 Å². The fourth-order valence-electron chi connectivity index (χ4n) is 1.92. The summed E-state index contributed by atoms with van der Waals surface area (Å²) < 4.78 is 5.48. The third kappa shape index (κ3) is 4.93. The number of nitrogens with zero attached hydrogens (tertiary/aromatic N) is 2. The third-order valence-electron chi connectivity index (χ3n) is 3.06. The third-order valence-corrected chi connectivity index (χ3v) is 3.06. The maximum Gasteiger partial charge on any atom is 0.258 e. The molecule has 6 nitrogen and oxygen atoms in total. The second-order valence-corrected chi connectivity index (χ2v) is 5.12. The zero-order valence-electron chi connectivity index (χ0n) is 12.6. The highest BCUT2D eigenvalue weighted by Gasteiger charge is 2.02. The number of aromatic nitrogens is 2. The summed E-state index contributed by atoms with van der Waals surface area (Å²) in [5.74, 6) is 0.645. The van der Waals surface area contributed by atoms with Gasteiger partial charge in [0.25, 0.3) is 5.56 Å². The minimum atomic E-state index is -0.0976. The number of rotatable bonds is 8. The van der Waals surface area contributed by atoms with Crippen molar-refractivity contribution >= 4 is 10.9 Å². The number of hydrogen-bond donors (Lipinski definition) is 2. The van der Waals surface area contributed by atoms with Gasteiger partial charge in [-0.25, -0.2) is 4.98 Å². The van der Waals surface area contributed by atoms with Crippen molar-refractivity contribution in [2.45, 2.75) is 6.54 Å². The second-order valence-electron chi connectivity index (χ2n) is 5.12. The highest BCUT2D eigenvalue weighted by molar-refractivity contribution is 5.77. The Hall–Kier alpha value is -1.76. The van der Waals surface area contributed by atoms with Gasteiger partial charge >= 0.3 is 0 Å². The molecule has 2 rings (SSSR count). The van der Waals surface area contributed by atoms with Gasteiger partial charge in [0.05, 0.1) is 30.7 Å². The van der Waals surface area contributed by atoms with Crippen LogP contribution in [0.3, 0.4) is 0 Å². The first kappa shape index (κ1) is 15.6. The van der Waals surface area contributed by atoms with E-state index in [2.05, 4.69) is 20.2 Å². The molecule has 1 aromatic heterocycles. The number of nitrogens with one attached hydrogen (secondary N) is 2. The lowest BCUT2D eigenvalue weighted by atomic mass is 10.2. The molecule has 0 radical (unpaired) electrons. The Balaban J connectivity index is 1.78. The molecule has 0 spiro atoms. The summed E-state index contributed by atoms with van der Waals surface area (Å²) in [4.78, 5) is 21.2. The van der Waals surface area contributed by atoms with Crippen molar-refractivity contribution in [1.82, 2.24) is 20.2 Å². The maximum atomic E-state index is 11.9. The molecule has 0 fully saturated rings. The molecule has 0 atom stereocenters. The lowest BCUT2D eigenvalue weighted by Crippen LogP contribution is -2.24. The Bertz CT molecular complexity index is 624. The lowest BCUT2D eigenvalue weighted by Gasteiger charge is -2.10. The maximum absolute atomic E-state index is 11.9. The summed E-state index contributed by atoms with van der Waals surface area (Å²) in [6.45, 7) is 3.53. The first-order chi connectivity index (χ1) is 10.2. The van der Waals surface area contributed by atoms with Gasteiger partial charge in [0, 0.05) is 13.1 Å². The summed E-state index contributed by atoms with van der Waals surface area (Å²) in [5, 5.41) is 3.83. The summed E-state index contributed by atoms with van der Waals surface area (Å²) in [6.07, 6.45) is 0. The van der Waals surface area contributed by atoms with Crippen LogP contribution in [-0.2, 0) is 11.3 Å². The molecule has 1 heterocycles. The van der Waals surface area contributed by atoms with Crippen LogP contribution in [0.1, 0.15) is 5.82 Å². The Morgan fingerprint density at radius 2 is 2.10 bits per heavy atom. The van der Waals surface area contributed by atoms with E-state index in [9.17, 15) is 4.79 Å². The van der Waals surface area contributed by atoms with Gasteiger partial charge in [-0.2, -0.15) is 0 Å². The SMILES string of the molecule is CN(C)CCOCCNCc1nc2ccccc2c(=O)[nH]1. The molecule has 0 aliphatic heterocycles. The molecule has 0 amide bonds. The fourth-order valence-corrected chi connectivity index (χ4v) is 1.92. The molecule has 0 bridgehead atoms. The number of aromatic amines is 1. The van der Waals surface area contributed by atoms with Gasteiger partial charge < -0.3 is 19.9 Å². The van der Waals surface area contributed by atoms with Gasteiger partial charge in [0.2, 0.25) is 0 Å². The first-order valence-electron chi connectivity index (χ1n) is 7.08. The molecule has 1 aromatic carbocycles. The average Bonchev–Trinajstić information content (AvgIpc) is 2.46. The number of fused-ring (bicyclic) bond motifs is 1. The minimum Gasteiger partial charge on any atom is -0.379 e. The molecule has 21 heavy (non-hydrogen) atoms. The van der Waals surface area contributed by atoms with E-state index in [-0.39, 0.29) is 5.56 Å². The van der Waals surface area contributed by atoms with Crippen molar-refractivity contribution in [3.63, 3.8) is 0 Å². The quantitative estimate of drug-likeness (QED) is 0.696. The molecule has 0 saturated carbocycles. The van der Waals surface area contributed by atoms with Gasteiger partial charge in [0.15, 0.2) is 0 Å². The highest BCUT2D eigenvalue weighted by Crippen LogP contribution is 2.05. The van der Waals surface area contributed by atoms with Crippen molar-refractivity contribution in [3.8, 4) is 0 Å². The number of H-pyrrole nitrogens is 1. The highest BCUT2D eigenvalue weighted by atomic mass is 16.5. The van der Waals surface area contributed by atoms with Crippen molar-refractivity contribution < 1.29 is 4.74 Å². The number of benzene rings is 1. The normalized spacial score (nSPS) is 11.4. The molecular weight excluding hydrogens is 268 g/mol. The number of para-hydroxylation sites is 1. The van der Waals surface area contributed by atoms with Crippen molar-refractivity contribution in [2.24, 2.45) is 0 Å². The second kappa shape index (κ2) is 7.87. The summed E-state index contributed by atoms with van der Waals surface area (Å²) in [6, 6.07) is 7.34. The Labute approximate surface area is 124 Å². The molecule has 2 aromatic rings. The van der Waals surface area contributed by atoms with Gasteiger partial charge in [-0.05, 0) is 26.2 Å². The van der Waals surface area contributed by atoms with Crippen molar-refractivity contribution in [3.05, 3.63) is 40.4 Å². The molecule has 114 valence electrons. The summed E-state index contributed by atoms with van der Waals surface area (Å²) in [5.41, 5.74) is 0.625. The van der Waals surface area contributed by atoms with Crippen LogP contribution in [0.15, 0.2) is 29.1 Å². The smallest absolute Gasteiger partial charge is 0.258 e. The Morgan fingerprint density at radius 3 is 2.90 bits per heavy atom. The topological polar surface area (TPSA) is 70.2 Å². The van der Waals surface area contributed by atoms with Crippen LogP contribution in [-0.4, -0.2) is 55.3 Å². The van der Waals surface area contributed by atoms with Gasteiger partial charge in [-0.3, -0.25) is 4.79 Å². The first-order valence-corrected chi connectivity index (χ1v) is 7.08. The van der Waals surface area contributed by atoms with Crippen molar-refractivity contribution in [2.75, 3.05) is 40.4 Å². The molecule has 0 aliphatic carbocycles. The van der Waals surface area contributed by atoms with Crippen LogP contribution < -0.4 is 10.9 Å². The van der Waals surface area contributed by atoms with E-state index in [0.717, 1.165) is 25.2 Å². The summed E-state index contributed by atoms with van der Waals surface area (Å²) >= 11 is 0. The number of hydrogen-bond acceptors (Lipinski definition) is 5. The predicted molar refractivity (Wildman–Crippen MR) is 83.4 cm³/mol. The molecular formula is C15H22N4O2. The zero-order valence-corrected chi connectivity index (χ0v) is 12.6. The number of ether oxygens (including phenoxy) is 1. The minimum absolute atomic E-state index is 0.0976. The van der Waals surface area contributed by atoms with Crippen LogP contribution in [0.2, 0.25) is 0 Å². The van der Waals surface area contributed by atoms with E-state index in [0.29, 0.717) is 24.4 Å². The standard InChI is InChI=1S/C15H22N4O2/c1-19(2)8-10-21-9-7-16-11-14-17-13-6-4-3-5-12(13)15(20)18-14/h3-6,16H,7-11H2,1-2H3,(H,17,18,20). The molecule has 6 heteroatoms. The van der Waals surface area contributed by atoms with E-state index < -0.39 is 0 Å². The largest absolute Gasteiger partial charge is 0.379 e. The van der Waals surface area contributed by atoms with Gasteiger partial charge in [-0.15, -0.1) is 0 Å². The average molecular weight is 290 g/mol. The van der Waals surface area contributed by atoms with Crippen LogP contribution in [0, 0.1) is 0 Å². The Morgan fingerprint density at radius 1 is 1.29 bits per heavy atom. The number of likely N-dealkylation sites (N-methyl/N-ethyl adjacent to an activating group) is 1. The van der Waals surface area contributed by atoms with Crippen LogP contribution in [0.4, 0.5) is 0 Å². The summed E-state index contributed by atoms with van der Waals surface area (Å²) in [7, 11) is 4.03. The van der Waals surface area contributed by atoms with E-state index in [4.69, 9.17) is 4.74 Å². The lowest BCUT2D eigenvalue weighted by molar-refractivity contribution is 0.119. The van der Waals surface area contributed by atoms with Crippen LogP contribution in [0.5, 0.6) is 0 Å². The van der Waals surface area contributed by atoms with Gasteiger partial charge in [-0.1, -0.05) is 12.1 Å². The van der Waals surface area contributed by atoms with Crippen LogP contribution in [0.25, 0.3) is 10.9 Å². The van der Waals surface area contributed by atoms with Crippen molar-refractivity contribution in [1.29, 1.82) is 0 Å². The fraction of sp³-hybridized carbons (Fsp3) is 0.467. The monoisotopic (exact) mass is 290 g/mol. The van der Waals surface area contributed by atoms with Crippen LogP contribution >= 0.6 is 0 Å². The van der Waals surface area contributed by atoms with Gasteiger partial charge in [0.1, 0.15) is 5.82 Å². The van der Waals surface area contributed by atoms with E-state index in [1.165, 1.54) is 0 Å². The predicted octanol–water partition coefficient (Wildman–Crippen LogP) is 0.591. The molecule has 0 saturated heterocycles. The molecule has 2 N–H and O–H groups in total. The zero-order chi connectivity index (χ0) is 15.1. The van der Waals surface area contributed by atoms with E-state index in [1.54, 1.807) is 6.07 Å². The molecule has 0 aliphatic rings. The molecule has 0 unspecified atom stereocenters. The Kier molecular flexibility index (Phi) is 5.86. The van der Waals surface area contributed by atoms with E-state index >= 15 is 0 Å².